The van der Waals surface area contributed by atoms with Crippen LogP contribution in [0.2, 0.25) is 0 Å². The Morgan fingerprint density at radius 3 is 2.37 bits per heavy atom. The van der Waals surface area contributed by atoms with Crippen LogP contribution in [0.3, 0.4) is 0 Å². The van der Waals surface area contributed by atoms with Gasteiger partial charge in [-0.15, -0.1) is 6.42 Å². The molecule has 19 heavy (non-hydrogen) atoms. The van der Waals surface area contributed by atoms with E-state index in [-0.39, 0.29) is 11.7 Å². The second kappa shape index (κ2) is 6.24. The highest BCUT2D eigenvalue weighted by molar-refractivity contribution is 5.94. The van der Waals surface area contributed by atoms with Gasteiger partial charge in [-0.05, 0) is 35.1 Å². The molecule has 0 saturated heterocycles. The molecular formula is C17H20FN. The zero-order valence-corrected chi connectivity index (χ0v) is 11.9. The van der Waals surface area contributed by atoms with Gasteiger partial charge in [0.15, 0.2) is 0 Å². The van der Waals surface area contributed by atoms with E-state index < -0.39 is 0 Å². The molecule has 0 bridgehead atoms. The molecule has 2 aromatic rings. The quantitative estimate of drug-likeness (QED) is 0.582. The maximum absolute atomic E-state index is 13.7. The Labute approximate surface area is 114 Å². The first-order chi connectivity index (χ1) is 9.04. The lowest BCUT2D eigenvalue weighted by Crippen LogP contribution is -1.97. The molecule has 0 saturated carbocycles. The highest BCUT2D eigenvalue weighted by Crippen LogP contribution is 2.31. The Hall–Kier alpha value is -2.01. The standard InChI is InChI=1S/C15H14FN.C2H6/c1-4-12-14(16)6-5-10-7-11(17)8-13(9(2)3)15(10)12;1-2/h1,5-9H,17H2,2-3H3;1-2H3. The molecule has 0 atom stereocenters. The first-order valence-corrected chi connectivity index (χ1v) is 6.53. The molecule has 0 heterocycles. The molecule has 100 valence electrons. The Kier molecular flexibility index (Phi) is 4.94. The van der Waals surface area contributed by atoms with Gasteiger partial charge in [-0.25, -0.2) is 4.39 Å². The van der Waals surface area contributed by atoms with E-state index in [9.17, 15) is 4.39 Å². The van der Waals surface area contributed by atoms with Crippen LogP contribution < -0.4 is 5.73 Å². The molecular weight excluding hydrogens is 237 g/mol. The number of nitrogen functional groups attached to an aromatic ring is 1. The van der Waals surface area contributed by atoms with E-state index in [1.54, 1.807) is 6.07 Å². The van der Waals surface area contributed by atoms with E-state index in [1.807, 2.05) is 39.8 Å². The van der Waals surface area contributed by atoms with Crippen molar-refractivity contribution in [2.24, 2.45) is 0 Å². The Morgan fingerprint density at radius 1 is 1.21 bits per heavy atom. The Bertz CT molecular complexity index is 621. The predicted molar refractivity (Wildman–Crippen MR) is 81.7 cm³/mol. The first kappa shape index (κ1) is 15.0. The van der Waals surface area contributed by atoms with E-state index in [2.05, 4.69) is 5.92 Å². The SMILES string of the molecule is C#Cc1c(F)ccc2cc(N)cc(C(C)C)c12.CC. The summed E-state index contributed by atoms with van der Waals surface area (Å²) in [6.07, 6.45) is 5.40. The van der Waals surface area contributed by atoms with Crippen molar-refractivity contribution in [3.8, 4) is 12.3 Å². The molecule has 2 aromatic carbocycles. The topological polar surface area (TPSA) is 26.0 Å². The van der Waals surface area contributed by atoms with Gasteiger partial charge >= 0.3 is 0 Å². The number of hydrogen-bond donors (Lipinski definition) is 1. The summed E-state index contributed by atoms with van der Waals surface area (Å²) < 4.78 is 13.7. The minimum absolute atomic E-state index is 0.245. The highest BCUT2D eigenvalue weighted by Gasteiger charge is 2.12. The van der Waals surface area contributed by atoms with Gasteiger partial charge in [0.05, 0.1) is 5.56 Å². The van der Waals surface area contributed by atoms with Crippen molar-refractivity contribution >= 4 is 16.5 Å². The van der Waals surface area contributed by atoms with Gasteiger partial charge in [0.1, 0.15) is 5.82 Å². The van der Waals surface area contributed by atoms with Gasteiger partial charge in [-0.1, -0.05) is 39.7 Å². The highest BCUT2D eigenvalue weighted by atomic mass is 19.1. The third kappa shape index (κ3) is 2.88. The fraction of sp³-hybridized carbons (Fsp3) is 0.294. The van der Waals surface area contributed by atoms with Crippen molar-refractivity contribution in [2.75, 3.05) is 5.73 Å². The van der Waals surface area contributed by atoms with Crippen LogP contribution in [0, 0.1) is 18.2 Å². The average Bonchev–Trinajstić information content (AvgIpc) is 2.40. The zero-order chi connectivity index (χ0) is 14.6. The van der Waals surface area contributed by atoms with Crippen LogP contribution in [0.15, 0.2) is 24.3 Å². The van der Waals surface area contributed by atoms with Crippen molar-refractivity contribution in [3.63, 3.8) is 0 Å². The first-order valence-electron chi connectivity index (χ1n) is 6.53. The lowest BCUT2D eigenvalue weighted by Gasteiger charge is -2.13. The summed E-state index contributed by atoms with van der Waals surface area (Å²) >= 11 is 0. The fourth-order valence-corrected chi connectivity index (χ4v) is 2.09. The van der Waals surface area contributed by atoms with Gasteiger partial charge in [0.25, 0.3) is 0 Å². The summed E-state index contributed by atoms with van der Waals surface area (Å²) in [5.74, 6) is 2.33. The van der Waals surface area contributed by atoms with Gasteiger partial charge in [-0.2, -0.15) is 0 Å². The van der Waals surface area contributed by atoms with Crippen LogP contribution >= 0.6 is 0 Å². The van der Waals surface area contributed by atoms with E-state index >= 15 is 0 Å². The number of nitrogens with two attached hydrogens (primary N) is 1. The number of terminal acetylenes is 1. The average molecular weight is 257 g/mol. The molecule has 0 aromatic heterocycles. The normalized spacial score (nSPS) is 9.95. The van der Waals surface area contributed by atoms with Gasteiger partial charge < -0.3 is 5.73 Å². The summed E-state index contributed by atoms with van der Waals surface area (Å²) in [5.41, 5.74) is 7.84. The third-order valence-electron chi connectivity index (χ3n) is 2.89. The van der Waals surface area contributed by atoms with Crippen molar-refractivity contribution in [1.29, 1.82) is 0 Å². The molecule has 0 fully saturated rings. The van der Waals surface area contributed by atoms with Crippen LogP contribution in [0.25, 0.3) is 10.8 Å². The predicted octanol–water partition coefficient (Wildman–Crippen LogP) is 4.69. The second-order valence-corrected chi connectivity index (χ2v) is 4.43. The van der Waals surface area contributed by atoms with Crippen LogP contribution in [-0.2, 0) is 0 Å². The van der Waals surface area contributed by atoms with Gasteiger partial charge in [-0.3, -0.25) is 0 Å². The fourth-order valence-electron chi connectivity index (χ4n) is 2.09. The summed E-state index contributed by atoms with van der Waals surface area (Å²) in [7, 11) is 0. The zero-order valence-electron chi connectivity index (χ0n) is 11.9. The van der Waals surface area contributed by atoms with Crippen molar-refractivity contribution in [1.82, 2.24) is 0 Å². The molecule has 0 aliphatic heterocycles. The van der Waals surface area contributed by atoms with E-state index in [1.165, 1.54) is 6.07 Å². The molecule has 0 unspecified atom stereocenters. The largest absolute Gasteiger partial charge is 0.399 e. The second-order valence-electron chi connectivity index (χ2n) is 4.43. The lowest BCUT2D eigenvalue weighted by atomic mass is 9.92. The number of rotatable bonds is 1. The Balaban J connectivity index is 0.000000861. The number of anilines is 1. The van der Waals surface area contributed by atoms with E-state index in [0.717, 1.165) is 16.3 Å². The minimum atomic E-state index is -0.355. The number of hydrogen-bond acceptors (Lipinski definition) is 1. The molecule has 0 spiro atoms. The smallest absolute Gasteiger partial charge is 0.139 e. The molecule has 1 nitrogen and oxygen atoms in total. The van der Waals surface area contributed by atoms with Crippen molar-refractivity contribution in [3.05, 3.63) is 41.2 Å². The Morgan fingerprint density at radius 2 is 1.84 bits per heavy atom. The summed E-state index contributed by atoms with van der Waals surface area (Å²) in [4.78, 5) is 0. The monoisotopic (exact) mass is 257 g/mol. The minimum Gasteiger partial charge on any atom is -0.399 e. The van der Waals surface area contributed by atoms with Crippen molar-refractivity contribution in [2.45, 2.75) is 33.6 Å². The molecule has 0 radical (unpaired) electrons. The van der Waals surface area contributed by atoms with Crippen LogP contribution in [0.4, 0.5) is 10.1 Å². The van der Waals surface area contributed by atoms with E-state index in [0.29, 0.717) is 11.3 Å². The molecule has 2 N–H and O–H groups in total. The number of fused-ring (bicyclic) bond motifs is 1. The molecule has 2 heteroatoms. The maximum atomic E-state index is 13.7. The van der Waals surface area contributed by atoms with Crippen LogP contribution in [-0.4, -0.2) is 0 Å². The molecule has 0 aliphatic rings. The molecule has 2 rings (SSSR count). The summed E-state index contributed by atoms with van der Waals surface area (Å²) in [6.45, 7) is 8.08. The molecule has 0 amide bonds. The lowest BCUT2D eigenvalue weighted by molar-refractivity contribution is 0.626. The molecule has 0 aliphatic carbocycles. The van der Waals surface area contributed by atoms with Gasteiger partial charge in [0, 0.05) is 11.1 Å². The van der Waals surface area contributed by atoms with Gasteiger partial charge in [0.2, 0.25) is 0 Å². The maximum Gasteiger partial charge on any atom is 0.139 e. The van der Waals surface area contributed by atoms with E-state index in [4.69, 9.17) is 12.2 Å². The number of benzene rings is 2. The van der Waals surface area contributed by atoms with Crippen LogP contribution in [0.5, 0.6) is 0 Å². The number of halogens is 1. The van der Waals surface area contributed by atoms with Crippen molar-refractivity contribution < 1.29 is 4.39 Å². The third-order valence-corrected chi connectivity index (χ3v) is 2.89. The summed E-state index contributed by atoms with van der Waals surface area (Å²) in [5, 5.41) is 1.69. The van der Waals surface area contributed by atoms with Crippen LogP contribution in [0.1, 0.15) is 44.7 Å². The summed E-state index contributed by atoms with van der Waals surface area (Å²) in [6, 6.07) is 6.80.